The molecule has 5 heteroatoms. The lowest BCUT2D eigenvalue weighted by Gasteiger charge is -1.98. The molecule has 0 atom stereocenters. The number of hydrogen-bond acceptors (Lipinski definition) is 3. The third kappa shape index (κ3) is 1.09. The highest BCUT2D eigenvalue weighted by molar-refractivity contribution is 5.75. The number of hydrogen-bond donors (Lipinski definition) is 1. The monoisotopic (exact) mass is 179 g/mol. The maximum atomic E-state index is 11.3. The van der Waals surface area contributed by atoms with E-state index in [9.17, 15) is 4.79 Å². The van der Waals surface area contributed by atoms with E-state index in [-0.39, 0.29) is 5.56 Å². The summed E-state index contributed by atoms with van der Waals surface area (Å²) in [7, 11) is 3.23. The molecule has 0 aromatic carbocycles. The number of methoxy groups -OCH3 is 1. The first-order valence-corrected chi connectivity index (χ1v) is 3.81. The van der Waals surface area contributed by atoms with E-state index in [0.717, 1.165) is 5.39 Å². The number of aromatic nitrogens is 3. The van der Waals surface area contributed by atoms with E-state index in [1.165, 1.54) is 7.11 Å². The minimum Gasteiger partial charge on any atom is -0.491 e. The molecule has 0 radical (unpaired) electrons. The molecule has 5 nitrogen and oxygen atoms in total. The first-order valence-electron chi connectivity index (χ1n) is 3.81. The van der Waals surface area contributed by atoms with Crippen molar-refractivity contribution in [1.82, 2.24) is 14.8 Å². The van der Waals surface area contributed by atoms with E-state index < -0.39 is 0 Å². The average molecular weight is 179 g/mol. The lowest BCUT2D eigenvalue weighted by Crippen LogP contribution is -2.09. The van der Waals surface area contributed by atoms with Gasteiger partial charge in [0, 0.05) is 12.4 Å². The number of aryl methyl sites for hydroxylation is 1. The van der Waals surface area contributed by atoms with Crippen molar-refractivity contribution in [2.75, 3.05) is 7.11 Å². The topological polar surface area (TPSA) is 59.9 Å². The second kappa shape index (κ2) is 2.62. The van der Waals surface area contributed by atoms with Crippen molar-refractivity contribution in [3.63, 3.8) is 0 Å². The average Bonchev–Trinajstić information content (AvgIpc) is 2.47. The Morgan fingerprint density at radius 3 is 3.08 bits per heavy atom. The van der Waals surface area contributed by atoms with Crippen LogP contribution in [0.25, 0.3) is 11.0 Å². The second-order valence-electron chi connectivity index (χ2n) is 2.74. The van der Waals surface area contributed by atoms with Crippen LogP contribution < -0.4 is 10.3 Å². The van der Waals surface area contributed by atoms with Crippen molar-refractivity contribution in [1.29, 1.82) is 0 Å². The highest BCUT2D eigenvalue weighted by Crippen LogP contribution is 2.12. The van der Waals surface area contributed by atoms with E-state index in [1.54, 1.807) is 24.0 Å². The summed E-state index contributed by atoms with van der Waals surface area (Å²) < 4.78 is 6.49. The molecule has 0 aliphatic rings. The van der Waals surface area contributed by atoms with Crippen LogP contribution in [-0.4, -0.2) is 21.9 Å². The largest absolute Gasteiger partial charge is 0.491 e. The predicted octanol–water partition coefficient (Wildman–Crippen LogP) is 0.270. The third-order valence-electron chi connectivity index (χ3n) is 1.93. The minimum atomic E-state index is -0.237. The van der Waals surface area contributed by atoms with E-state index in [4.69, 9.17) is 4.74 Å². The Bertz CT molecular complexity index is 498. The number of nitrogens with one attached hydrogen (secondary N) is 1. The van der Waals surface area contributed by atoms with Crippen LogP contribution in [0.2, 0.25) is 0 Å². The van der Waals surface area contributed by atoms with E-state index >= 15 is 0 Å². The van der Waals surface area contributed by atoms with Crippen molar-refractivity contribution < 1.29 is 4.74 Å². The molecule has 13 heavy (non-hydrogen) atoms. The molecule has 0 bridgehead atoms. The lowest BCUT2D eigenvalue weighted by molar-refractivity contribution is 0.409. The van der Waals surface area contributed by atoms with Gasteiger partial charge in [0.05, 0.1) is 13.3 Å². The molecule has 0 spiro atoms. The Morgan fingerprint density at radius 2 is 2.38 bits per heavy atom. The fourth-order valence-corrected chi connectivity index (χ4v) is 1.24. The zero-order chi connectivity index (χ0) is 9.42. The Hall–Kier alpha value is -1.78. The van der Waals surface area contributed by atoms with Gasteiger partial charge in [0.25, 0.3) is 5.56 Å². The Morgan fingerprint density at radius 1 is 1.62 bits per heavy atom. The summed E-state index contributed by atoms with van der Waals surface area (Å²) in [6.45, 7) is 0. The van der Waals surface area contributed by atoms with Gasteiger partial charge in [0.1, 0.15) is 5.65 Å². The number of rotatable bonds is 1. The van der Waals surface area contributed by atoms with Crippen LogP contribution in [0.4, 0.5) is 0 Å². The summed E-state index contributed by atoms with van der Waals surface area (Å²) in [5, 5.41) is 4.86. The summed E-state index contributed by atoms with van der Waals surface area (Å²) in [4.78, 5) is 14.0. The summed E-state index contributed by atoms with van der Waals surface area (Å²) in [6.07, 6.45) is 1.67. The van der Waals surface area contributed by atoms with Gasteiger partial charge in [-0.25, -0.2) is 0 Å². The SMILES string of the molecule is COc1cc2cnn(C)c2[nH]c1=O. The summed E-state index contributed by atoms with van der Waals surface area (Å²) in [5.41, 5.74) is 0.462. The number of fused-ring (bicyclic) bond motifs is 1. The quantitative estimate of drug-likeness (QED) is 0.683. The van der Waals surface area contributed by atoms with E-state index in [1.807, 2.05) is 0 Å². The molecule has 1 N–H and O–H groups in total. The summed E-state index contributed by atoms with van der Waals surface area (Å²) in [6, 6.07) is 1.67. The van der Waals surface area contributed by atoms with E-state index in [0.29, 0.717) is 11.4 Å². The first-order chi connectivity index (χ1) is 6.22. The minimum absolute atomic E-state index is 0.237. The van der Waals surface area contributed by atoms with E-state index in [2.05, 4.69) is 10.1 Å². The molecule has 0 aliphatic heterocycles. The molecule has 0 fully saturated rings. The molecular weight excluding hydrogens is 170 g/mol. The van der Waals surface area contributed by atoms with Crippen molar-refractivity contribution >= 4 is 11.0 Å². The Kier molecular flexibility index (Phi) is 1.58. The van der Waals surface area contributed by atoms with Crippen molar-refractivity contribution in [3.05, 3.63) is 22.6 Å². The number of ether oxygens (including phenoxy) is 1. The fourth-order valence-electron chi connectivity index (χ4n) is 1.24. The van der Waals surface area contributed by atoms with Gasteiger partial charge in [-0.3, -0.25) is 9.48 Å². The summed E-state index contributed by atoms with van der Waals surface area (Å²) in [5.74, 6) is 0.306. The van der Waals surface area contributed by atoms with Gasteiger partial charge in [-0.2, -0.15) is 5.10 Å². The highest BCUT2D eigenvalue weighted by Gasteiger charge is 2.04. The number of pyridine rings is 1. The van der Waals surface area contributed by atoms with Crippen LogP contribution in [0.5, 0.6) is 5.75 Å². The van der Waals surface area contributed by atoms with Crippen LogP contribution in [-0.2, 0) is 7.05 Å². The molecule has 0 amide bonds. The highest BCUT2D eigenvalue weighted by atomic mass is 16.5. The molecule has 0 saturated carbocycles. The maximum absolute atomic E-state index is 11.3. The molecule has 0 unspecified atom stereocenters. The first kappa shape index (κ1) is 7.85. The molecule has 2 aromatic rings. The standard InChI is InChI=1S/C8H9N3O2/c1-11-7-5(4-9-11)3-6(13-2)8(12)10-7/h3-4H,1-2H3,(H,10,12). The van der Waals surface area contributed by atoms with Crippen LogP contribution in [0.3, 0.4) is 0 Å². The molecule has 0 aliphatic carbocycles. The fraction of sp³-hybridized carbons (Fsp3) is 0.250. The van der Waals surface area contributed by atoms with Gasteiger partial charge < -0.3 is 9.72 Å². The van der Waals surface area contributed by atoms with Crippen LogP contribution in [0.1, 0.15) is 0 Å². The van der Waals surface area contributed by atoms with Crippen LogP contribution in [0.15, 0.2) is 17.1 Å². The lowest BCUT2D eigenvalue weighted by atomic mass is 10.3. The van der Waals surface area contributed by atoms with Gasteiger partial charge in [-0.05, 0) is 6.07 Å². The Labute approximate surface area is 73.9 Å². The normalized spacial score (nSPS) is 10.6. The van der Waals surface area contributed by atoms with Crippen molar-refractivity contribution in [2.24, 2.45) is 7.05 Å². The van der Waals surface area contributed by atoms with Gasteiger partial charge in [-0.15, -0.1) is 0 Å². The second-order valence-corrected chi connectivity index (χ2v) is 2.74. The van der Waals surface area contributed by atoms with Gasteiger partial charge >= 0.3 is 0 Å². The zero-order valence-corrected chi connectivity index (χ0v) is 7.37. The maximum Gasteiger partial charge on any atom is 0.291 e. The number of nitrogens with zero attached hydrogens (tertiary/aromatic N) is 2. The molecule has 2 heterocycles. The molecular formula is C8H9N3O2. The third-order valence-corrected chi connectivity index (χ3v) is 1.93. The predicted molar refractivity (Wildman–Crippen MR) is 47.9 cm³/mol. The van der Waals surface area contributed by atoms with Gasteiger partial charge in [0.15, 0.2) is 5.75 Å². The summed E-state index contributed by atoms with van der Waals surface area (Å²) >= 11 is 0. The van der Waals surface area contributed by atoms with Crippen LogP contribution in [0, 0.1) is 0 Å². The van der Waals surface area contributed by atoms with Gasteiger partial charge in [0.2, 0.25) is 0 Å². The number of aromatic amines is 1. The molecule has 68 valence electrons. The van der Waals surface area contributed by atoms with Crippen molar-refractivity contribution in [3.8, 4) is 5.75 Å². The van der Waals surface area contributed by atoms with Crippen LogP contribution >= 0.6 is 0 Å². The zero-order valence-electron chi connectivity index (χ0n) is 7.37. The van der Waals surface area contributed by atoms with Crippen molar-refractivity contribution in [2.45, 2.75) is 0 Å². The Balaban J connectivity index is 2.84. The van der Waals surface area contributed by atoms with Gasteiger partial charge in [-0.1, -0.05) is 0 Å². The molecule has 2 rings (SSSR count). The smallest absolute Gasteiger partial charge is 0.291 e. The molecule has 2 aromatic heterocycles. The number of H-pyrrole nitrogens is 1. The molecule has 0 saturated heterocycles.